The average Bonchev–Trinajstić information content (AvgIpc) is 2.47. The molecule has 1 N–H and O–H groups in total. The quantitative estimate of drug-likeness (QED) is 0.941. The van der Waals surface area contributed by atoms with E-state index in [9.17, 15) is 13.6 Å². The fourth-order valence-corrected chi connectivity index (χ4v) is 1.77. The fraction of sp³-hybridized carbons (Fsp3) is 0.133. The van der Waals surface area contributed by atoms with Crippen LogP contribution in [0.3, 0.4) is 0 Å². The molecule has 0 radical (unpaired) electrons. The summed E-state index contributed by atoms with van der Waals surface area (Å²) in [6, 6.07) is 7.52. The third-order valence-electron chi connectivity index (χ3n) is 2.83. The van der Waals surface area contributed by atoms with Gasteiger partial charge in [0.2, 0.25) is 0 Å². The van der Waals surface area contributed by atoms with Crippen molar-refractivity contribution in [3.63, 3.8) is 0 Å². The van der Waals surface area contributed by atoms with Crippen LogP contribution in [-0.4, -0.2) is 20.1 Å². The van der Waals surface area contributed by atoms with Gasteiger partial charge in [-0.05, 0) is 24.3 Å². The van der Waals surface area contributed by atoms with Crippen LogP contribution in [0.5, 0.6) is 11.5 Å². The van der Waals surface area contributed by atoms with Gasteiger partial charge < -0.3 is 14.8 Å². The van der Waals surface area contributed by atoms with E-state index in [1.165, 1.54) is 14.2 Å². The highest BCUT2D eigenvalue weighted by atomic mass is 19.1. The van der Waals surface area contributed by atoms with E-state index in [1.807, 2.05) is 0 Å². The number of hydrogen-bond acceptors (Lipinski definition) is 3. The number of benzene rings is 2. The number of carbonyl (C=O) groups is 1. The molecule has 2 aromatic carbocycles. The normalized spacial score (nSPS) is 10.1. The summed E-state index contributed by atoms with van der Waals surface area (Å²) in [7, 11) is 2.93. The largest absolute Gasteiger partial charge is 0.497 e. The van der Waals surface area contributed by atoms with Crippen molar-refractivity contribution in [1.82, 2.24) is 0 Å². The van der Waals surface area contributed by atoms with Crippen LogP contribution in [0.15, 0.2) is 36.4 Å². The van der Waals surface area contributed by atoms with Crippen molar-refractivity contribution < 1.29 is 23.0 Å². The van der Waals surface area contributed by atoms with E-state index < -0.39 is 17.5 Å². The lowest BCUT2D eigenvalue weighted by Gasteiger charge is -2.12. The number of rotatable bonds is 4. The monoisotopic (exact) mass is 293 g/mol. The smallest absolute Gasteiger partial charge is 0.258 e. The fourth-order valence-electron chi connectivity index (χ4n) is 1.77. The molecule has 0 saturated heterocycles. The Morgan fingerprint density at radius 2 is 1.81 bits per heavy atom. The predicted molar refractivity (Wildman–Crippen MR) is 73.9 cm³/mol. The van der Waals surface area contributed by atoms with E-state index in [2.05, 4.69) is 5.32 Å². The van der Waals surface area contributed by atoms with E-state index in [0.29, 0.717) is 23.3 Å². The summed E-state index contributed by atoms with van der Waals surface area (Å²) >= 11 is 0. The van der Waals surface area contributed by atoms with Gasteiger partial charge in [0.1, 0.15) is 23.1 Å². The summed E-state index contributed by atoms with van der Waals surface area (Å²) in [5.41, 5.74) is 0.0984. The first-order valence-corrected chi connectivity index (χ1v) is 6.03. The lowest BCUT2D eigenvalue weighted by molar-refractivity contribution is 0.102. The maximum Gasteiger partial charge on any atom is 0.258 e. The summed E-state index contributed by atoms with van der Waals surface area (Å²) in [5, 5.41) is 2.51. The Morgan fingerprint density at radius 3 is 2.43 bits per heavy atom. The van der Waals surface area contributed by atoms with Crippen LogP contribution in [0.4, 0.5) is 14.5 Å². The van der Waals surface area contributed by atoms with E-state index in [-0.39, 0.29) is 5.56 Å². The van der Waals surface area contributed by atoms with Gasteiger partial charge in [-0.25, -0.2) is 8.78 Å². The van der Waals surface area contributed by atoms with Crippen molar-refractivity contribution in [2.24, 2.45) is 0 Å². The molecule has 1 amide bonds. The highest BCUT2D eigenvalue weighted by Crippen LogP contribution is 2.29. The van der Waals surface area contributed by atoms with Crippen LogP contribution >= 0.6 is 0 Å². The van der Waals surface area contributed by atoms with Gasteiger partial charge in [0.05, 0.1) is 25.5 Å². The molecule has 4 nitrogen and oxygen atoms in total. The van der Waals surface area contributed by atoms with Crippen molar-refractivity contribution >= 4 is 11.6 Å². The summed E-state index contributed by atoms with van der Waals surface area (Å²) in [6.45, 7) is 0. The predicted octanol–water partition coefficient (Wildman–Crippen LogP) is 3.23. The van der Waals surface area contributed by atoms with Crippen molar-refractivity contribution in [1.29, 1.82) is 0 Å². The van der Waals surface area contributed by atoms with Crippen molar-refractivity contribution in [3.8, 4) is 11.5 Å². The molecule has 0 fully saturated rings. The molecule has 21 heavy (non-hydrogen) atoms. The topological polar surface area (TPSA) is 47.6 Å². The van der Waals surface area contributed by atoms with Gasteiger partial charge >= 0.3 is 0 Å². The molecule has 0 aliphatic rings. The second-order valence-electron chi connectivity index (χ2n) is 4.14. The van der Waals surface area contributed by atoms with Crippen molar-refractivity contribution in [2.75, 3.05) is 19.5 Å². The van der Waals surface area contributed by atoms with Gasteiger partial charge in [0, 0.05) is 12.1 Å². The summed E-state index contributed by atoms with van der Waals surface area (Å²) in [6.07, 6.45) is 0. The molecule has 0 aliphatic carbocycles. The number of anilines is 1. The average molecular weight is 293 g/mol. The van der Waals surface area contributed by atoms with Gasteiger partial charge in [-0.15, -0.1) is 0 Å². The molecule has 6 heteroatoms. The molecule has 0 saturated carbocycles. The first-order chi connectivity index (χ1) is 10.0. The summed E-state index contributed by atoms with van der Waals surface area (Å²) in [5.74, 6) is -1.45. The Morgan fingerprint density at radius 1 is 1.05 bits per heavy atom. The van der Waals surface area contributed by atoms with Crippen LogP contribution in [0, 0.1) is 11.6 Å². The second-order valence-corrected chi connectivity index (χ2v) is 4.14. The molecule has 0 atom stereocenters. The van der Waals surface area contributed by atoms with E-state index >= 15 is 0 Å². The number of amides is 1. The molecule has 2 rings (SSSR count). The number of carbonyl (C=O) groups excluding carboxylic acids is 1. The molecule has 0 aliphatic heterocycles. The number of halogens is 2. The Balaban J connectivity index is 2.27. The zero-order valence-electron chi connectivity index (χ0n) is 11.4. The van der Waals surface area contributed by atoms with Crippen LogP contribution in [0.1, 0.15) is 10.4 Å². The number of methoxy groups -OCH3 is 2. The molecule has 0 bridgehead atoms. The standard InChI is InChI=1S/C15H13F2NO3/c1-20-10-4-6-13(14(8-10)21-2)18-15(19)11-5-3-9(16)7-12(11)17/h3-8H,1-2H3,(H,18,19). The lowest BCUT2D eigenvalue weighted by atomic mass is 10.2. The molecular weight excluding hydrogens is 280 g/mol. The van der Waals surface area contributed by atoms with Gasteiger partial charge in [0.15, 0.2) is 0 Å². The van der Waals surface area contributed by atoms with Crippen molar-refractivity contribution in [2.45, 2.75) is 0 Å². The Bertz CT molecular complexity index is 674. The number of ether oxygens (including phenoxy) is 2. The minimum Gasteiger partial charge on any atom is -0.497 e. The zero-order chi connectivity index (χ0) is 15.4. The second kappa shape index (κ2) is 6.21. The van der Waals surface area contributed by atoms with Gasteiger partial charge in [-0.3, -0.25) is 4.79 Å². The summed E-state index contributed by atoms with van der Waals surface area (Å²) < 4.78 is 36.6. The lowest BCUT2D eigenvalue weighted by Crippen LogP contribution is -2.14. The van der Waals surface area contributed by atoms with E-state index in [0.717, 1.165) is 12.1 Å². The molecular formula is C15H13F2NO3. The Labute approximate surface area is 120 Å². The minimum absolute atomic E-state index is 0.255. The zero-order valence-corrected chi connectivity index (χ0v) is 11.4. The van der Waals surface area contributed by atoms with Crippen molar-refractivity contribution in [3.05, 3.63) is 53.6 Å². The van der Waals surface area contributed by atoms with Gasteiger partial charge in [-0.2, -0.15) is 0 Å². The Hall–Kier alpha value is -2.63. The highest BCUT2D eigenvalue weighted by molar-refractivity contribution is 6.05. The molecule has 0 heterocycles. The molecule has 2 aromatic rings. The molecule has 0 spiro atoms. The highest BCUT2D eigenvalue weighted by Gasteiger charge is 2.15. The van der Waals surface area contributed by atoms with Crippen LogP contribution in [-0.2, 0) is 0 Å². The summed E-state index contributed by atoms with van der Waals surface area (Å²) in [4.78, 5) is 12.0. The Kier molecular flexibility index (Phi) is 4.37. The van der Waals surface area contributed by atoms with E-state index in [4.69, 9.17) is 9.47 Å². The third-order valence-corrected chi connectivity index (χ3v) is 2.83. The minimum atomic E-state index is -0.931. The first kappa shape index (κ1) is 14.8. The van der Waals surface area contributed by atoms with E-state index in [1.54, 1.807) is 18.2 Å². The first-order valence-electron chi connectivity index (χ1n) is 6.03. The molecule has 110 valence electrons. The van der Waals surface area contributed by atoms with Gasteiger partial charge in [0.25, 0.3) is 5.91 Å². The SMILES string of the molecule is COc1ccc(NC(=O)c2ccc(F)cc2F)c(OC)c1. The maximum absolute atomic E-state index is 13.6. The molecule has 0 unspecified atom stereocenters. The maximum atomic E-state index is 13.6. The van der Waals surface area contributed by atoms with Crippen LogP contribution < -0.4 is 14.8 Å². The number of nitrogens with one attached hydrogen (secondary N) is 1. The van der Waals surface area contributed by atoms with Crippen LogP contribution in [0.25, 0.3) is 0 Å². The van der Waals surface area contributed by atoms with Crippen LogP contribution in [0.2, 0.25) is 0 Å². The molecule has 0 aromatic heterocycles. The number of hydrogen-bond donors (Lipinski definition) is 1. The third kappa shape index (κ3) is 3.28. The van der Waals surface area contributed by atoms with Gasteiger partial charge in [-0.1, -0.05) is 0 Å².